The van der Waals surface area contributed by atoms with E-state index in [9.17, 15) is 53.1 Å². The number of benzene rings is 4. The number of nitrogens with zero attached hydrogens (tertiary/aromatic N) is 2. The fourth-order valence-electron chi connectivity index (χ4n) is 11.3. The number of aromatic nitrogens is 1. The molecule has 98 heavy (non-hydrogen) atoms. The molecular formula is C65H84ClN17O13S2. The van der Waals surface area contributed by atoms with Gasteiger partial charge in [0.15, 0.2) is 5.96 Å². The summed E-state index contributed by atoms with van der Waals surface area (Å²) in [6.07, 6.45) is 0.890. The van der Waals surface area contributed by atoms with Gasteiger partial charge >= 0.3 is 5.97 Å². The van der Waals surface area contributed by atoms with Crippen LogP contribution in [-0.4, -0.2) is 183 Å². The average Bonchev–Trinajstić information content (AvgIpc) is 1.56. The number of nitrogens with two attached hydrogens (primary N) is 4. The van der Waals surface area contributed by atoms with E-state index in [1.165, 1.54) is 11.8 Å². The van der Waals surface area contributed by atoms with Crippen LogP contribution in [0.2, 0.25) is 5.02 Å². The lowest BCUT2D eigenvalue weighted by Gasteiger charge is -2.31. The van der Waals surface area contributed by atoms with Crippen LogP contribution in [0, 0.1) is 5.92 Å². The minimum absolute atomic E-state index is 0.0175. The molecular weight excluding hydrogens is 1330 g/mol. The van der Waals surface area contributed by atoms with Gasteiger partial charge in [0.1, 0.15) is 60.4 Å². The first-order valence-corrected chi connectivity index (χ1v) is 34.7. The van der Waals surface area contributed by atoms with Gasteiger partial charge in [-0.25, -0.2) is 10.6 Å². The number of para-hydroxylation sites is 1. The van der Waals surface area contributed by atoms with Crippen LogP contribution in [-0.2, 0) is 76.8 Å². The van der Waals surface area contributed by atoms with Crippen molar-refractivity contribution in [2.24, 2.45) is 34.0 Å². The number of nitrogens with one attached hydrogen (secondary N) is 11. The Balaban J connectivity index is 1.23. The highest BCUT2D eigenvalue weighted by Gasteiger charge is 2.41. The lowest BCUT2D eigenvalue weighted by atomic mass is 9.99. The van der Waals surface area contributed by atoms with Crippen LogP contribution in [0.25, 0.3) is 21.7 Å². The zero-order valence-electron chi connectivity index (χ0n) is 54.2. The smallest absolute Gasteiger partial charge is 0.327 e. The average molecular weight is 1410 g/mol. The Kier molecular flexibility index (Phi) is 28.4. The lowest BCUT2D eigenvalue weighted by molar-refractivity contribution is -0.145. The maximum absolute atomic E-state index is 15.2. The number of guanidine groups is 1. The Morgan fingerprint density at radius 2 is 1.34 bits per heavy atom. The van der Waals surface area contributed by atoms with Crippen molar-refractivity contribution < 1.29 is 62.6 Å². The van der Waals surface area contributed by atoms with E-state index in [1.807, 2.05) is 35.8 Å². The molecule has 33 heteroatoms. The Hall–Kier alpha value is -9.50. The Labute approximate surface area is 577 Å². The SMILES string of the molecule is CC(=O)N[C@@H]1CSSC[C@@H](C(=O)N[C@H](Cc2ccc3ccccc3c2)C(=O)N[C@@H](CC(C)C)C(=O)N[C@@H](CCCN=C(N)N)C(=O)N2CCC[C@H]2C(=O)N[C@@H](CN)C(=O)O)NC(=O)[C@H](CC(=O)NN)NC(=O)[C@@H](Cc2c[nH]c3ccccc23)NC(=O)[C@@H](Cc2ccc(Cl)cc2)NC1=O. The second kappa shape index (κ2) is 36.7. The van der Waals surface area contributed by atoms with Gasteiger partial charge in [0, 0.05) is 79.4 Å². The third kappa shape index (κ3) is 22.3. The van der Waals surface area contributed by atoms with Crippen LogP contribution in [0.5, 0.6) is 0 Å². The van der Waals surface area contributed by atoms with Gasteiger partial charge in [0.05, 0.1) is 6.42 Å². The molecule has 4 aromatic carbocycles. The molecule has 0 radical (unpaired) electrons. The van der Waals surface area contributed by atoms with Crippen molar-refractivity contribution in [2.75, 3.05) is 31.1 Å². The monoisotopic (exact) mass is 1410 g/mol. The summed E-state index contributed by atoms with van der Waals surface area (Å²) >= 11 is 6.21. The van der Waals surface area contributed by atoms with Gasteiger partial charge in [-0.05, 0) is 83.7 Å². The zero-order chi connectivity index (χ0) is 71.2. The highest BCUT2D eigenvalue weighted by Crippen LogP contribution is 2.26. The normalized spacial score (nSPS) is 20.0. The molecule has 0 unspecified atom stereocenters. The fraction of sp³-hybridized carbons (Fsp3) is 0.431. The third-order valence-corrected chi connectivity index (χ3v) is 18.9. The van der Waals surface area contributed by atoms with Crippen molar-refractivity contribution in [3.8, 4) is 0 Å². The van der Waals surface area contributed by atoms with Gasteiger partial charge in [-0.15, -0.1) is 0 Å². The van der Waals surface area contributed by atoms with Crippen molar-refractivity contribution in [1.29, 1.82) is 0 Å². The molecule has 0 aliphatic carbocycles. The molecule has 0 spiro atoms. The topological polar surface area (TPSA) is 481 Å². The number of halogens is 1. The van der Waals surface area contributed by atoms with Gasteiger partial charge in [-0.2, -0.15) is 0 Å². The number of carboxylic acids is 1. The van der Waals surface area contributed by atoms with Crippen molar-refractivity contribution in [1.82, 2.24) is 63.2 Å². The maximum Gasteiger partial charge on any atom is 0.327 e. The van der Waals surface area contributed by atoms with E-state index in [2.05, 4.69) is 57.8 Å². The van der Waals surface area contributed by atoms with Crippen molar-refractivity contribution in [3.05, 3.63) is 119 Å². The summed E-state index contributed by atoms with van der Waals surface area (Å²) in [6.45, 7) is 4.45. The molecule has 2 fully saturated rings. The number of aliphatic carboxylic acids is 1. The standard InChI is InChI=1S/C65H84ClN17O13S2/c1-34(2)24-45(55(86)74-44(14-8-22-71-65(68)69)63(94)83-23-9-15-53(83)62(93)80-50(30-67)64(95)96)75-57(88)47(27-37-16-19-38-10-4-5-11-39(38)25-37)77-61(92)52-33-98-97-32-51(73-35(3)84)60(91)76-46(26-36-17-20-41(66)21-18-36)56(87)78-48(28-40-31-72-43-13-7-6-12-42(40)43)58(89)79-49(59(90)81-52)29-54(85)82-70/h4-7,10-13,16-21,25,31,34,44-53,72H,8-9,14-15,22-24,26-30,32-33,67,70H2,1-3H3,(H,73,84)(H,74,86)(H,75,88)(H,76,91)(H,77,92)(H,78,87)(H,79,89)(H,80,93)(H,81,90)(H,82,85)(H,95,96)(H4,68,69,71)/t44-,45-,46+,47+,48+,49-,50-,51+,52-,53-/m0/s1. The van der Waals surface area contributed by atoms with E-state index >= 15 is 9.59 Å². The van der Waals surface area contributed by atoms with E-state index in [0.717, 1.165) is 32.4 Å². The van der Waals surface area contributed by atoms with E-state index in [1.54, 1.807) is 80.7 Å². The predicted octanol–water partition coefficient (Wildman–Crippen LogP) is -0.706. The second-order valence-electron chi connectivity index (χ2n) is 24.2. The van der Waals surface area contributed by atoms with E-state index < -0.39 is 144 Å². The molecule has 30 nitrogen and oxygen atoms in total. The number of carboxylic acid groups (broad SMARTS) is 1. The molecule has 20 N–H and O–H groups in total. The first-order valence-electron chi connectivity index (χ1n) is 31.8. The quantitative estimate of drug-likeness (QED) is 0.00619. The number of aromatic amines is 1. The van der Waals surface area contributed by atoms with Crippen LogP contribution >= 0.6 is 33.2 Å². The number of fused-ring (bicyclic) bond motifs is 2. The van der Waals surface area contributed by atoms with Crippen LogP contribution in [0.1, 0.15) is 76.0 Å². The van der Waals surface area contributed by atoms with E-state index in [4.69, 9.17) is 34.6 Å². The molecule has 7 rings (SSSR count). The van der Waals surface area contributed by atoms with Crippen LogP contribution < -0.4 is 76.3 Å². The number of hydrazine groups is 1. The summed E-state index contributed by atoms with van der Waals surface area (Å²) in [7, 11) is 1.96. The van der Waals surface area contributed by atoms with Gasteiger partial charge in [0.2, 0.25) is 65.0 Å². The van der Waals surface area contributed by atoms with Crippen LogP contribution in [0.3, 0.4) is 0 Å². The zero-order valence-corrected chi connectivity index (χ0v) is 56.6. The molecule has 5 aromatic rings. The van der Waals surface area contributed by atoms with Gasteiger partial charge in [-0.1, -0.05) is 120 Å². The summed E-state index contributed by atoms with van der Waals surface area (Å²) in [5, 5.41) is 36.4. The molecule has 0 bridgehead atoms. The molecule has 3 heterocycles. The summed E-state index contributed by atoms with van der Waals surface area (Å²) in [5.41, 5.74) is 21.1. The van der Waals surface area contributed by atoms with Gasteiger partial charge in [0.25, 0.3) is 0 Å². The number of carbonyl (C=O) groups excluding carboxylic acids is 11. The Bertz CT molecular complexity index is 3750. The Morgan fingerprint density at radius 1 is 0.714 bits per heavy atom. The van der Waals surface area contributed by atoms with Crippen molar-refractivity contribution >= 4 is 132 Å². The van der Waals surface area contributed by atoms with Crippen molar-refractivity contribution in [3.63, 3.8) is 0 Å². The minimum Gasteiger partial charge on any atom is -0.480 e. The summed E-state index contributed by atoms with van der Waals surface area (Å²) < 4.78 is 0. The summed E-state index contributed by atoms with van der Waals surface area (Å²) in [6, 6.07) is 11.8. The van der Waals surface area contributed by atoms with E-state index in [-0.39, 0.29) is 81.4 Å². The molecule has 2 saturated heterocycles. The first-order chi connectivity index (χ1) is 46.8. The largest absolute Gasteiger partial charge is 0.480 e. The number of hydrogen-bond donors (Lipinski definition) is 16. The molecule has 10 atom stereocenters. The summed E-state index contributed by atoms with van der Waals surface area (Å²) in [5.74, 6) is -6.24. The van der Waals surface area contributed by atoms with Crippen LogP contribution in [0.15, 0.2) is 102 Å². The highest BCUT2D eigenvalue weighted by atomic mass is 35.5. The number of H-pyrrole nitrogens is 1. The predicted molar refractivity (Wildman–Crippen MR) is 371 cm³/mol. The Morgan fingerprint density at radius 3 is 2.02 bits per heavy atom. The highest BCUT2D eigenvalue weighted by molar-refractivity contribution is 8.76. The van der Waals surface area contributed by atoms with Gasteiger partial charge < -0.3 is 80.0 Å². The fourth-order valence-corrected chi connectivity index (χ4v) is 13.7. The molecule has 1 aromatic heterocycles. The number of aliphatic imine (C=N–C) groups is 1. The first kappa shape index (κ1) is 75.9. The number of amides is 11. The second-order valence-corrected chi connectivity index (χ2v) is 27.2. The summed E-state index contributed by atoms with van der Waals surface area (Å²) in [4.78, 5) is 178. The number of hydrogen-bond acceptors (Lipinski definition) is 17. The molecule has 11 amide bonds. The van der Waals surface area contributed by atoms with Gasteiger partial charge in [-0.3, -0.25) is 63.2 Å². The maximum atomic E-state index is 15.2. The van der Waals surface area contributed by atoms with E-state index in [0.29, 0.717) is 39.0 Å². The molecule has 2 aliphatic heterocycles. The molecule has 2 aliphatic rings. The van der Waals surface area contributed by atoms with Crippen LogP contribution in [0.4, 0.5) is 0 Å². The van der Waals surface area contributed by atoms with Crippen molar-refractivity contribution in [2.45, 2.75) is 139 Å². The number of likely N-dealkylation sites (tertiary alicyclic amines) is 1. The number of rotatable bonds is 26. The molecule has 526 valence electrons. The minimum atomic E-state index is -1.80. The molecule has 0 saturated carbocycles. The lowest BCUT2D eigenvalue weighted by Crippen LogP contribution is -2.61. The number of carbonyl (C=O) groups is 12. The third-order valence-electron chi connectivity index (χ3n) is 16.3.